The van der Waals surface area contributed by atoms with Gasteiger partial charge in [0.1, 0.15) is 0 Å². The van der Waals surface area contributed by atoms with Crippen LogP contribution in [-0.2, 0) is 11.3 Å². The molecule has 1 aromatic rings. The lowest BCUT2D eigenvalue weighted by molar-refractivity contribution is -0.137. The summed E-state index contributed by atoms with van der Waals surface area (Å²) in [5.41, 5.74) is 7.60. The molecule has 1 aliphatic rings. The van der Waals surface area contributed by atoms with Gasteiger partial charge in [-0.15, -0.1) is 0 Å². The van der Waals surface area contributed by atoms with Crippen LogP contribution < -0.4 is 5.73 Å². The molecule has 19 heavy (non-hydrogen) atoms. The molecule has 0 saturated carbocycles. The van der Waals surface area contributed by atoms with E-state index in [1.165, 1.54) is 0 Å². The van der Waals surface area contributed by atoms with Crippen molar-refractivity contribution in [1.29, 1.82) is 0 Å². The van der Waals surface area contributed by atoms with Crippen molar-refractivity contribution in [2.24, 2.45) is 5.92 Å². The van der Waals surface area contributed by atoms with Crippen LogP contribution in [-0.4, -0.2) is 28.4 Å². The van der Waals surface area contributed by atoms with E-state index < -0.39 is 0 Å². The molecule has 0 radical (unpaired) electrons. The van der Waals surface area contributed by atoms with E-state index in [9.17, 15) is 4.79 Å². The standard InChI is InChI=1S/C15H22N2OS/c1-11(2)17(15(18)13-7-8-19-10-13)9-12-3-5-14(16)6-4-12/h3-6,11,13H,7-10,16H2,1-2H3. The third kappa shape index (κ3) is 3.66. The van der Waals surface area contributed by atoms with Gasteiger partial charge >= 0.3 is 0 Å². The summed E-state index contributed by atoms with van der Waals surface area (Å²) < 4.78 is 0. The largest absolute Gasteiger partial charge is 0.399 e. The predicted molar refractivity (Wildman–Crippen MR) is 82.0 cm³/mol. The summed E-state index contributed by atoms with van der Waals surface area (Å²) in [6, 6.07) is 8.02. The Morgan fingerprint density at radius 2 is 2.11 bits per heavy atom. The maximum atomic E-state index is 12.5. The van der Waals surface area contributed by atoms with Gasteiger partial charge in [0.2, 0.25) is 5.91 Å². The number of nitrogen functional groups attached to an aromatic ring is 1. The van der Waals surface area contributed by atoms with Crippen LogP contribution >= 0.6 is 11.8 Å². The molecule has 0 spiro atoms. The average Bonchev–Trinajstić information content (AvgIpc) is 2.91. The minimum absolute atomic E-state index is 0.209. The fourth-order valence-corrected chi connectivity index (χ4v) is 3.51. The highest BCUT2D eigenvalue weighted by atomic mass is 32.2. The zero-order chi connectivity index (χ0) is 13.8. The number of rotatable bonds is 4. The topological polar surface area (TPSA) is 46.3 Å². The monoisotopic (exact) mass is 278 g/mol. The molecule has 1 saturated heterocycles. The maximum absolute atomic E-state index is 12.5. The number of carbonyl (C=O) groups excluding carboxylic acids is 1. The van der Waals surface area contributed by atoms with Crippen molar-refractivity contribution in [3.05, 3.63) is 29.8 Å². The van der Waals surface area contributed by atoms with E-state index in [2.05, 4.69) is 13.8 Å². The molecule has 1 unspecified atom stereocenters. The lowest BCUT2D eigenvalue weighted by Gasteiger charge is -2.29. The molecule has 4 heteroatoms. The Balaban J connectivity index is 2.07. The fraction of sp³-hybridized carbons (Fsp3) is 0.533. The average molecular weight is 278 g/mol. The SMILES string of the molecule is CC(C)N(Cc1ccc(N)cc1)C(=O)C1CCSC1. The molecule has 1 atom stereocenters. The molecule has 1 aromatic carbocycles. The second-order valence-electron chi connectivity index (χ2n) is 5.36. The molecule has 104 valence electrons. The van der Waals surface area contributed by atoms with Crippen LogP contribution in [0.3, 0.4) is 0 Å². The quantitative estimate of drug-likeness (QED) is 0.861. The van der Waals surface area contributed by atoms with Crippen LogP contribution in [0.5, 0.6) is 0 Å². The summed E-state index contributed by atoms with van der Waals surface area (Å²) in [7, 11) is 0. The van der Waals surface area contributed by atoms with E-state index in [4.69, 9.17) is 5.73 Å². The molecule has 0 aromatic heterocycles. The van der Waals surface area contributed by atoms with Gasteiger partial charge in [0.05, 0.1) is 0 Å². The van der Waals surface area contributed by atoms with Gasteiger partial charge in [0.25, 0.3) is 0 Å². The Morgan fingerprint density at radius 3 is 2.63 bits per heavy atom. The Hall–Kier alpha value is -1.16. The molecular formula is C15H22N2OS. The number of carbonyl (C=O) groups is 1. The first-order valence-electron chi connectivity index (χ1n) is 6.80. The Labute approximate surface area is 119 Å². The van der Waals surface area contributed by atoms with E-state index in [1.54, 1.807) is 0 Å². The highest BCUT2D eigenvalue weighted by Crippen LogP contribution is 2.26. The van der Waals surface area contributed by atoms with Crippen LogP contribution in [0, 0.1) is 5.92 Å². The number of hydrogen-bond acceptors (Lipinski definition) is 3. The molecule has 2 rings (SSSR count). The molecule has 0 bridgehead atoms. The molecule has 1 heterocycles. The van der Waals surface area contributed by atoms with E-state index in [0.29, 0.717) is 12.5 Å². The number of amides is 1. The highest BCUT2D eigenvalue weighted by molar-refractivity contribution is 7.99. The summed E-state index contributed by atoms with van der Waals surface area (Å²) >= 11 is 1.88. The van der Waals surface area contributed by atoms with Crippen LogP contribution in [0.2, 0.25) is 0 Å². The van der Waals surface area contributed by atoms with E-state index >= 15 is 0 Å². The lowest BCUT2D eigenvalue weighted by Crippen LogP contribution is -2.40. The zero-order valence-corrected chi connectivity index (χ0v) is 12.5. The van der Waals surface area contributed by atoms with Gasteiger partial charge in [-0.05, 0) is 43.7 Å². The molecule has 3 nitrogen and oxygen atoms in total. The number of benzene rings is 1. The van der Waals surface area contributed by atoms with E-state index in [-0.39, 0.29) is 12.0 Å². The second-order valence-corrected chi connectivity index (χ2v) is 6.51. The van der Waals surface area contributed by atoms with Crippen molar-refractivity contribution in [1.82, 2.24) is 4.90 Å². The number of thioether (sulfide) groups is 1. The van der Waals surface area contributed by atoms with E-state index in [1.807, 2.05) is 40.9 Å². The second kappa shape index (κ2) is 6.33. The summed E-state index contributed by atoms with van der Waals surface area (Å²) in [4.78, 5) is 14.5. The highest BCUT2D eigenvalue weighted by Gasteiger charge is 2.28. The van der Waals surface area contributed by atoms with Crippen LogP contribution in [0.15, 0.2) is 24.3 Å². The van der Waals surface area contributed by atoms with Crippen molar-refractivity contribution >= 4 is 23.4 Å². The number of anilines is 1. The molecule has 1 aliphatic heterocycles. The van der Waals surface area contributed by atoms with Crippen molar-refractivity contribution in [3.63, 3.8) is 0 Å². The van der Waals surface area contributed by atoms with Gasteiger partial charge in [-0.25, -0.2) is 0 Å². The summed E-state index contributed by atoms with van der Waals surface area (Å²) in [6.07, 6.45) is 1.02. The van der Waals surface area contributed by atoms with Gasteiger partial charge in [0.15, 0.2) is 0 Å². The first-order chi connectivity index (χ1) is 9.08. The van der Waals surface area contributed by atoms with Crippen molar-refractivity contribution in [2.45, 2.75) is 32.9 Å². The maximum Gasteiger partial charge on any atom is 0.227 e. The Bertz CT molecular complexity index is 424. The third-order valence-electron chi connectivity index (χ3n) is 3.52. The van der Waals surface area contributed by atoms with Gasteiger partial charge in [-0.1, -0.05) is 12.1 Å². The van der Waals surface area contributed by atoms with E-state index in [0.717, 1.165) is 29.2 Å². The van der Waals surface area contributed by atoms with Crippen molar-refractivity contribution in [3.8, 4) is 0 Å². The van der Waals surface area contributed by atoms with Crippen LogP contribution in [0.25, 0.3) is 0 Å². The van der Waals surface area contributed by atoms with Crippen molar-refractivity contribution in [2.75, 3.05) is 17.2 Å². The summed E-state index contributed by atoms with van der Waals surface area (Å²) in [5.74, 6) is 2.60. The summed E-state index contributed by atoms with van der Waals surface area (Å²) in [6.45, 7) is 4.84. The summed E-state index contributed by atoms with van der Waals surface area (Å²) in [5, 5.41) is 0. The minimum atomic E-state index is 0.209. The first kappa shape index (κ1) is 14.3. The Kier molecular flexibility index (Phi) is 4.75. The zero-order valence-electron chi connectivity index (χ0n) is 11.6. The molecular weight excluding hydrogens is 256 g/mol. The number of nitrogens with two attached hydrogens (primary N) is 1. The number of hydrogen-bond donors (Lipinski definition) is 1. The number of nitrogens with zero attached hydrogens (tertiary/aromatic N) is 1. The first-order valence-corrected chi connectivity index (χ1v) is 7.96. The lowest BCUT2D eigenvalue weighted by atomic mass is 10.1. The van der Waals surface area contributed by atoms with Crippen LogP contribution in [0.1, 0.15) is 25.8 Å². The van der Waals surface area contributed by atoms with Gasteiger partial charge in [0, 0.05) is 29.9 Å². The van der Waals surface area contributed by atoms with Gasteiger partial charge in [-0.3, -0.25) is 4.79 Å². The molecule has 1 fully saturated rings. The minimum Gasteiger partial charge on any atom is -0.399 e. The van der Waals surface area contributed by atoms with Gasteiger partial charge < -0.3 is 10.6 Å². The molecule has 0 aliphatic carbocycles. The Morgan fingerprint density at radius 1 is 1.42 bits per heavy atom. The normalized spacial score (nSPS) is 18.8. The van der Waals surface area contributed by atoms with Crippen molar-refractivity contribution < 1.29 is 4.79 Å². The molecule has 1 amide bonds. The predicted octanol–water partition coefficient (Wildman–Crippen LogP) is 2.76. The third-order valence-corrected chi connectivity index (χ3v) is 4.68. The van der Waals surface area contributed by atoms with Crippen LogP contribution in [0.4, 0.5) is 5.69 Å². The smallest absolute Gasteiger partial charge is 0.227 e. The fourth-order valence-electron chi connectivity index (χ4n) is 2.30. The molecule has 2 N–H and O–H groups in total. The van der Waals surface area contributed by atoms with Gasteiger partial charge in [-0.2, -0.15) is 11.8 Å².